The van der Waals surface area contributed by atoms with Crippen LogP contribution in [-0.4, -0.2) is 50.7 Å². The van der Waals surface area contributed by atoms with E-state index in [1.54, 1.807) is 19.2 Å². The van der Waals surface area contributed by atoms with Gasteiger partial charge in [-0.1, -0.05) is 41.9 Å². The molecule has 1 heterocycles. The number of nitrogens with zero attached hydrogens (tertiary/aromatic N) is 2. The Morgan fingerprint density at radius 3 is 2.61 bits per heavy atom. The molecule has 3 rings (SSSR count). The summed E-state index contributed by atoms with van der Waals surface area (Å²) < 4.78 is 5.50. The van der Waals surface area contributed by atoms with Crippen LogP contribution in [-0.2, 0) is 4.74 Å². The van der Waals surface area contributed by atoms with Gasteiger partial charge in [0, 0.05) is 45.0 Å². The number of likely N-dealkylation sites (N-methyl/N-ethyl adjacent to an activating group) is 1. The van der Waals surface area contributed by atoms with Crippen molar-refractivity contribution in [3.8, 4) is 0 Å². The molecule has 2 atom stereocenters. The van der Waals surface area contributed by atoms with Crippen molar-refractivity contribution in [2.75, 3.05) is 38.7 Å². The second-order valence-corrected chi connectivity index (χ2v) is 7.34. The van der Waals surface area contributed by atoms with E-state index in [4.69, 9.17) is 22.1 Å². The summed E-state index contributed by atoms with van der Waals surface area (Å²) in [7, 11) is 3.81. The summed E-state index contributed by atoms with van der Waals surface area (Å²) in [5.74, 6) is -0.767. The Labute approximate surface area is 205 Å². The van der Waals surface area contributed by atoms with Gasteiger partial charge in [0.05, 0.1) is 23.1 Å². The smallest absolute Gasteiger partial charge is 0.664 e. The second kappa shape index (κ2) is 10.9. The minimum absolute atomic E-state index is 0. The quantitative estimate of drug-likeness (QED) is 0.535. The standard InChI is InChI=1S/C21H26ClN3O2.Pr/c1-24(16-8-9-18(21(23)26)19(22)12-16)20(15-6-4-3-5-7-15)14-25-11-10-17(13-25)27-2;/h3-9,12,17,20H,10-11,13-14H2,1-2H3,(H2,23,26);/q;+3/p-1. The normalized spacial score (nSPS) is 17.8. The third-order valence-electron chi connectivity index (χ3n) is 5.25. The number of halogens is 1. The molecule has 0 bridgehead atoms. The molecule has 1 aliphatic heterocycles. The fourth-order valence-corrected chi connectivity index (χ4v) is 3.87. The molecule has 28 heavy (non-hydrogen) atoms. The number of benzene rings is 2. The summed E-state index contributed by atoms with van der Waals surface area (Å²) in [6, 6.07) is 15.8. The number of nitrogens with one attached hydrogen (secondary N) is 1. The number of ether oxygens (including phenoxy) is 1. The molecule has 1 amide bonds. The average Bonchev–Trinajstić information content (AvgIpc) is 3.13. The third-order valence-corrected chi connectivity index (χ3v) is 5.56. The van der Waals surface area contributed by atoms with E-state index < -0.39 is 5.91 Å². The molecule has 0 aromatic heterocycles. The maximum absolute atomic E-state index is 11.3. The van der Waals surface area contributed by atoms with Crippen molar-refractivity contribution >= 4 is 23.2 Å². The SMILES string of the molecule is COC1CCN(CC(c2ccccc2)N(C)c2ccc(C([NH-])=O)c(Cl)c2)C1.[Pr+3]. The maximum atomic E-state index is 11.3. The van der Waals surface area contributed by atoms with Crippen LogP contribution in [0.2, 0.25) is 5.02 Å². The van der Waals surface area contributed by atoms with Crippen LogP contribution in [0, 0.1) is 41.3 Å². The number of methoxy groups -OCH3 is 1. The zero-order valence-electron chi connectivity index (χ0n) is 16.3. The Morgan fingerprint density at radius 2 is 2.04 bits per heavy atom. The molecule has 5 nitrogen and oxygen atoms in total. The van der Waals surface area contributed by atoms with Crippen LogP contribution in [0.15, 0.2) is 48.5 Å². The molecule has 2 aromatic carbocycles. The first kappa shape index (κ1) is 23.6. The van der Waals surface area contributed by atoms with E-state index in [9.17, 15) is 4.79 Å². The van der Waals surface area contributed by atoms with Crippen LogP contribution >= 0.6 is 11.6 Å². The maximum Gasteiger partial charge on any atom is 3.00 e. The van der Waals surface area contributed by atoms with Gasteiger partial charge in [0.1, 0.15) is 0 Å². The van der Waals surface area contributed by atoms with Crippen molar-refractivity contribution < 1.29 is 50.8 Å². The molecule has 2 aromatic rings. The van der Waals surface area contributed by atoms with E-state index in [2.05, 4.69) is 21.9 Å². The predicted octanol–water partition coefficient (Wildman–Crippen LogP) is 4.43. The number of anilines is 1. The van der Waals surface area contributed by atoms with E-state index in [1.807, 2.05) is 31.3 Å². The van der Waals surface area contributed by atoms with Crippen LogP contribution in [0.4, 0.5) is 5.69 Å². The van der Waals surface area contributed by atoms with Crippen LogP contribution in [0.1, 0.15) is 28.4 Å². The van der Waals surface area contributed by atoms with Gasteiger partial charge in [-0.2, -0.15) is 0 Å². The summed E-state index contributed by atoms with van der Waals surface area (Å²) in [6.45, 7) is 2.82. The van der Waals surface area contributed by atoms with Crippen LogP contribution in [0.25, 0.3) is 5.73 Å². The third kappa shape index (κ3) is 5.67. The first-order chi connectivity index (χ1) is 13.0. The Kier molecular flexibility index (Phi) is 9.16. The molecule has 2 unspecified atom stereocenters. The van der Waals surface area contributed by atoms with Gasteiger partial charge in [-0.25, -0.2) is 0 Å². The summed E-state index contributed by atoms with van der Waals surface area (Å²) in [6.07, 6.45) is 1.34. The Hall–Kier alpha value is -0.716. The molecule has 144 valence electrons. The van der Waals surface area contributed by atoms with Crippen LogP contribution in [0.5, 0.6) is 0 Å². The first-order valence-electron chi connectivity index (χ1n) is 9.08. The molecule has 0 saturated carbocycles. The fourth-order valence-electron chi connectivity index (χ4n) is 3.61. The number of hydrogen-bond acceptors (Lipinski definition) is 4. The van der Waals surface area contributed by atoms with Gasteiger partial charge in [0.15, 0.2) is 0 Å². The summed E-state index contributed by atoms with van der Waals surface area (Å²) in [4.78, 5) is 15.9. The Bertz CT molecular complexity index is 790. The second-order valence-electron chi connectivity index (χ2n) is 6.94. The molecular formula is C21H25ClN3O2Pr+2. The molecule has 1 aliphatic rings. The topological polar surface area (TPSA) is 56.6 Å². The van der Waals surface area contributed by atoms with Gasteiger partial charge in [-0.15, -0.1) is 0 Å². The van der Waals surface area contributed by atoms with Gasteiger partial charge >= 0.3 is 41.3 Å². The summed E-state index contributed by atoms with van der Waals surface area (Å²) in [5, 5.41) is 0.312. The van der Waals surface area contributed by atoms with E-state index in [1.165, 1.54) is 5.56 Å². The van der Waals surface area contributed by atoms with Crippen molar-refractivity contribution in [1.29, 1.82) is 0 Å². The van der Waals surface area contributed by atoms with Gasteiger partial charge in [-0.3, -0.25) is 4.90 Å². The van der Waals surface area contributed by atoms with Crippen LogP contribution in [0.3, 0.4) is 0 Å². The number of hydrogen-bond donors (Lipinski definition) is 0. The minimum Gasteiger partial charge on any atom is -0.664 e. The Balaban J connectivity index is 0.00000280. The minimum atomic E-state index is -0.767. The van der Waals surface area contributed by atoms with Gasteiger partial charge < -0.3 is 20.2 Å². The molecule has 7 heteroatoms. The number of carbonyl (C=O) groups excluding carboxylic acids is 1. The molecule has 1 fully saturated rings. The van der Waals surface area contributed by atoms with E-state index in [-0.39, 0.29) is 52.9 Å². The summed E-state index contributed by atoms with van der Waals surface area (Å²) in [5.41, 5.74) is 9.65. The van der Waals surface area contributed by atoms with Crippen molar-refractivity contribution in [1.82, 2.24) is 4.90 Å². The average molecular weight is 528 g/mol. The number of carbonyl (C=O) groups is 1. The van der Waals surface area contributed by atoms with E-state index in [0.717, 1.165) is 31.7 Å². The number of likely N-dealkylation sites (tertiary alicyclic amines) is 1. The predicted molar refractivity (Wildman–Crippen MR) is 110 cm³/mol. The fraction of sp³-hybridized carbons (Fsp3) is 0.381. The number of amides is 1. The zero-order valence-corrected chi connectivity index (χ0v) is 20.7. The molecule has 0 radical (unpaired) electrons. The molecule has 0 aliphatic carbocycles. The molecule has 1 saturated heterocycles. The number of rotatable bonds is 7. The van der Waals surface area contributed by atoms with Crippen molar-refractivity contribution in [2.45, 2.75) is 18.6 Å². The van der Waals surface area contributed by atoms with Gasteiger partial charge in [0.25, 0.3) is 0 Å². The Morgan fingerprint density at radius 1 is 1.32 bits per heavy atom. The van der Waals surface area contributed by atoms with Crippen molar-refractivity contribution in [2.24, 2.45) is 0 Å². The molecule has 1 N–H and O–H groups in total. The summed E-state index contributed by atoms with van der Waals surface area (Å²) >= 11 is 6.23. The van der Waals surface area contributed by atoms with Gasteiger partial charge in [-0.05, 0) is 30.2 Å². The molecule has 0 spiro atoms. The van der Waals surface area contributed by atoms with E-state index in [0.29, 0.717) is 11.1 Å². The van der Waals surface area contributed by atoms with Gasteiger partial charge in [0.2, 0.25) is 0 Å². The monoisotopic (exact) mass is 527 g/mol. The zero-order chi connectivity index (χ0) is 19.4. The molecular weight excluding hydrogens is 503 g/mol. The largest absolute Gasteiger partial charge is 3.00 e. The van der Waals surface area contributed by atoms with Crippen molar-refractivity contribution in [3.05, 3.63) is 70.4 Å². The van der Waals surface area contributed by atoms with Crippen molar-refractivity contribution in [3.63, 3.8) is 0 Å². The van der Waals surface area contributed by atoms with E-state index >= 15 is 0 Å². The first-order valence-corrected chi connectivity index (χ1v) is 9.45. The van der Waals surface area contributed by atoms with Crippen LogP contribution < -0.4 is 4.90 Å².